The Labute approximate surface area is 117 Å². The number of rotatable bonds is 6. The molecule has 1 atom stereocenters. The van der Waals surface area contributed by atoms with Crippen molar-refractivity contribution in [2.75, 3.05) is 6.54 Å². The summed E-state index contributed by atoms with van der Waals surface area (Å²) in [6.07, 6.45) is 4.89. The van der Waals surface area contributed by atoms with Crippen LogP contribution < -0.4 is 5.32 Å². The number of imidazole rings is 1. The van der Waals surface area contributed by atoms with E-state index in [0.29, 0.717) is 12.0 Å². The van der Waals surface area contributed by atoms with Gasteiger partial charge in [-0.25, -0.2) is 13.8 Å². The van der Waals surface area contributed by atoms with Crippen molar-refractivity contribution in [1.29, 1.82) is 0 Å². The third-order valence-corrected chi connectivity index (χ3v) is 3.24. The standard InChI is InChI=1S/C15H19F2N3/c1-3-6-18-14(15-19-7-8-20(15)2)10-11-9-12(16)4-5-13(11)17/h4-5,7-9,14,18H,3,6,10H2,1-2H3. The van der Waals surface area contributed by atoms with Crippen LogP contribution in [0.25, 0.3) is 0 Å². The molecule has 1 unspecified atom stereocenters. The van der Waals surface area contributed by atoms with E-state index >= 15 is 0 Å². The lowest BCUT2D eigenvalue weighted by Gasteiger charge is -2.18. The molecular formula is C15H19F2N3. The van der Waals surface area contributed by atoms with Gasteiger partial charge in [-0.05, 0) is 43.1 Å². The highest BCUT2D eigenvalue weighted by Gasteiger charge is 2.18. The molecule has 20 heavy (non-hydrogen) atoms. The van der Waals surface area contributed by atoms with Crippen LogP contribution in [0.3, 0.4) is 0 Å². The Balaban J connectivity index is 2.23. The molecule has 0 saturated carbocycles. The molecule has 0 saturated heterocycles. The molecule has 0 aliphatic carbocycles. The number of hydrogen-bond donors (Lipinski definition) is 1. The van der Waals surface area contributed by atoms with E-state index in [1.54, 1.807) is 6.20 Å². The minimum absolute atomic E-state index is 0.133. The Bertz CT molecular complexity index is 566. The van der Waals surface area contributed by atoms with Crippen molar-refractivity contribution in [2.45, 2.75) is 25.8 Å². The lowest BCUT2D eigenvalue weighted by Crippen LogP contribution is -2.27. The summed E-state index contributed by atoms with van der Waals surface area (Å²) in [5.41, 5.74) is 0.363. The second-order valence-corrected chi connectivity index (χ2v) is 4.84. The highest BCUT2D eigenvalue weighted by molar-refractivity contribution is 5.21. The molecule has 1 heterocycles. The lowest BCUT2D eigenvalue weighted by atomic mass is 10.0. The number of halogens is 2. The second-order valence-electron chi connectivity index (χ2n) is 4.84. The number of aromatic nitrogens is 2. The van der Waals surface area contributed by atoms with Gasteiger partial charge in [-0.3, -0.25) is 0 Å². The van der Waals surface area contributed by atoms with Gasteiger partial charge in [0, 0.05) is 19.4 Å². The Morgan fingerprint density at radius 2 is 2.15 bits per heavy atom. The zero-order valence-electron chi connectivity index (χ0n) is 11.7. The summed E-state index contributed by atoms with van der Waals surface area (Å²) in [5, 5.41) is 3.34. The van der Waals surface area contributed by atoms with E-state index < -0.39 is 5.82 Å². The fraction of sp³-hybridized carbons (Fsp3) is 0.400. The largest absolute Gasteiger partial charge is 0.337 e. The topological polar surface area (TPSA) is 29.9 Å². The normalized spacial score (nSPS) is 12.6. The number of aryl methyl sites for hydroxylation is 1. The second kappa shape index (κ2) is 6.61. The third-order valence-electron chi connectivity index (χ3n) is 3.24. The Morgan fingerprint density at radius 3 is 2.80 bits per heavy atom. The van der Waals surface area contributed by atoms with Crippen LogP contribution in [0.1, 0.15) is 30.8 Å². The summed E-state index contributed by atoms with van der Waals surface area (Å²) in [7, 11) is 1.89. The minimum atomic E-state index is -0.421. The molecule has 0 fully saturated rings. The molecule has 1 aromatic carbocycles. The van der Waals surface area contributed by atoms with E-state index in [1.165, 1.54) is 12.1 Å². The van der Waals surface area contributed by atoms with Crippen molar-refractivity contribution in [3.8, 4) is 0 Å². The van der Waals surface area contributed by atoms with Gasteiger partial charge >= 0.3 is 0 Å². The molecule has 2 aromatic rings. The maximum Gasteiger partial charge on any atom is 0.126 e. The van der Waals surface area contributed by atoms with Crippen LogP contribution in [-0.4, -0.2) is 16.1 Å². The van der Waals surface area contributed by atoms with E-state index in [0.717, 1.165) is 24.9 Å². The van der Waals surface area contributed by atoms with E-state index in [1.807, 2.05) is 17.8 Å². The van der Waals surface area contributed by atoms with Crippen LogP contribution in [-0.2, 0) is 13.5 Å². The van der Waals surface area contributed by atoms with Crippen molar-refractivity contribution in [3.63, 3.8) is 0 Å². The Kier molecular flexibility index (Phi) is 4.84. The van der Waals surface area contributed by atoms with Crippen molar-refractivity contribution in [1.82, 2.24) is 14.9 Å². The van der Waals surface area contributed by atoms with E-state index in [-0.39, 0.29) is 11.9 Å². The molecule has 0 bridgehead atoms. The molecule has 1 N–H and O–H groups in total. The minimum Gasteiger partial charge on any atom is -0.337 e. The van der Waals surface area contributed by atoms with Gasteiger partial charge in [-0.15, -0.1) is 0 Å². The van der Waals surface area contributed by atoms with Gasteiger partial charge in [0.25, 0.3) is 0 Å². The average molecular weight is 279 g/mol. The highest BCUT2D eigenvalue weighted by Crippen LogP contribution is 2.19. The first kappa shape index (κ1) is 14.7. The van der Waals surface area contributed by atoms with Crippen LogP contribution in [0.5, 0.6) is 0 Å². The van der Waals surface area contributed by atoms with Crippen LogP contribution in [0.15, 0.2) is 30.6 Å². The SMILES string of the molecule is CCCNC(Cc1cc(F)ccc1F)c1nccn1C. The predicted molar refractivity (Wildman–Crippen MR) is 74.3 cm³/mol. The summed E-state index contributed by atoms with van der Waals surface area (Å²) in [6, 6.07) is 3.42. The summed E-state index contributed by atoms with van der Waals surface area (Å²) in [4.78, 5) is 4.30. The first-order valence-corrected chi connectivity index (χ1v) is 6.76. The Hall–Kier alpha value is -1.75. The summed E-state index contributed by atoms with van der Waals surface area (Å²) >= 11 is 0. The van der Waals surface area contributed by atoms with Crippen LogP contribution in [0.2, 0.25) is 0 Å². The quantitative estimate of drug-likeness (QED) is 0.881. The predicted octanol–water partition coefficient (Wildman–Crippen LogP) is 2.98. The van der Waals surface area contributed by atoms with Crippen LogP contribution in [0.4, 0.5) is 8.78 Å². The van der Waals surface area contributed by atoms with E-state index in [4.69, 9.17) is 0 Å². The van der Waals surface area contributed by atoms with Crippen LogP contribution in [0, 0.1) is 11.6 Å². The molecule has 0 spiro atoms. The number of nitrogens with one attached hydrogen (secondary N) is 1. The van der Waals surface area contributed by atoms with Crippen molar-refractivity contribution in [2.24, 2.45) is 7.05 Å². The van der Waals surface area contributed by atoms with E-state index in [9.17, 15) is 8.78 Å². The first-order chi connectivity index (χ1) is 9.61. The molecule has 2 rings (SSSR count). The molecule has 0 aliphatic heterocycles. The molecule has 3 nitrogen and oxygen atoms in total. The molecule has 0 aliphatic rings. The number of hydrogen-bond acceptors (Lipinski definition) is 2. The van der Waals surface area contributed by atoms with Gasteiger partial charge < -0.3 is 9.88 Å². The summed E-state index contributed by atoms with van der Waals surface area (Å²) in [5.74, 6) is 0.0153. The zero-order chi connectivity index (χ0) is 14.5. The lowest BCUT2D eigenvalue weighted by molar-refractivity contribution is 0.478. The van der Waals surface area contributed by atoms with Gasteiger partial charge in [0.1, 0.15) is 17.5 Å². The first-order valence-electron chi connectivity index (χ1n) is 6.76. The molecule has 5 heteroatoms. The molecule has 108 valence electrons. The van der Waals surface area contributed by atoms with E-state index in [2.05, 4.69) is 17.2 Å². The fourth-order valence-corrected chi connectivity index (χ4v) is 2.21. The Morgan fingerprint density at radius 1 is 1.35 bits per heavy atom. The van der Waals surface area contributed by atoms with Gasteiger partial charge in [-0.1, -0.05) is 6.92 Å². The maximum absolute atomic E-state index is 13.8. The fourth-order valence-electron chi connectivity index (χ4n) is 2.21. The number of benzene rings is 1. The molecular weight excluding hydrogens is 260 g/mol. The summed E-state index contributed by atoms with van der Waals surface area (Å²) < 4.78 is 28.9. The van der Waals surface area contributed by atoms with Crippen molar-refractivity contribution in [3.05, 3.63) is 53.6 Å². The van der Waals surface area contributed by atoms with Gasteiger partial charge in [0.2, 0.25) is 0 Å². The molecule has 1 aromatic heterocycles. The van der Waals surface area contributed by atoms with Gasteiger partial charge in [0.05, 0.1) is 6.04 Å². The molecule has 0 amide bonds. The highest BCUT2D eigenvalue weighted by atomic mass is 19.1. The zero-order valence-corrected chi connectivity index (χ0v) is 11.7. The van der Waals surface area contributed by atoms with Crippen molar-refractivity contribution < 1.29 is 8.78 Å². The molecule has 0 radical (unpaired) electrons. The van der Waals surface area contributed by atoms with Crippen LogP contribution >= 0.6 is 0 Å². The van der Waals surface area contributed by atoms with Gasteiger partial charge in [0.15, 0.2) is 0 Å². The van der Waals surface area contributed by atoms with Gasteiger partial charge in [-0.2, -0.15) is 0 Å². The number of nitrogens with zero attached hydrogens (tertiary/aromatic N) is 2. The monoisotopic (exact) mass is 279 g/mol. The smallest absolute Gasteiger partial charge is 0.126 e. The average Bonchev–Trinajstić information content (AvgIpc) is 2.84. The van der Waals surface area contributed by atoms with Crippen molar-refractivity contribution >= 4 is 0 Å². The summed E-state index contributed by atoms with van der Waals surface area (Å²) in [6.45, 7) is 2.86. The maximum atomic E-state index is 13.8. The third kappa shape index (κ3) is 3.42.